The van der Waals surface area contributed by atoms with Gasteiger partial charge in [0.2, 0.25) is 0 Å². The molecule has 0 saturated heterocycles. The van der Waals surface area contributed by atoms with E-state index in [2.05, 4.69) is 32.0 Å². The van der Waals surface area contributed by atoms with Crippen LogP contribution in [0, 0.1) is 13.8 Å². The van der Waals surface area contributed by atoms with Crippen LogP contribution in [-0.4, -0.2) is 9.55 Å². The summed E-state index contributed by atoms with van der Waals surface area (Å²) in [4.78, 5) is 16.7. The molecule has 0 bridgehead atoms. The molecule has 0 atom stereocenters. The second kappa shape index (κ2) is 3.79. The molecule has 0 aliphatic carbocycles. The molecule has 0 radical (unpaired) electrons. The summed E-state index contributed by atoms with van der Waals surface area (Å²) in [7, 11) is 0. The molecular weight excluding hydrogens is 248 g/mol. The third kappa shape index (κ3) is 1.46. The Morgan fingerprint density at radius 1 is 1.15 bits per heavy atom. The Bertz CT molecular complexity index is 922. The van der Waals surface area contributed by atoms with Gasteiger partial charge in [0, 0.05) is 17.0 Å². The summed E-state index contributed by atoms with van der Waals surface area (Å²) in [5.74, 6) is 0. The van der Waals surface area contributed by atoms with Gasteiger partial charge in [0.25, 0.3) is 5.56 Å². The van der Waals surface area contributed by atoms with Gasteiger partial charge in [0.1, 0.15) is 0 Å². The maximum atomic E-state index is 11.9. The fraction of sp³-hybridized carbons (Fsp3) is 0.176. The molecule has 20 heavy (non-hydrogen) atoms. The van der Waals surface area contributed by atoms with Gasteiger partial charge < -0.3 is 4.57 Å². The second-order valence-corrected chi connectivity index (χ2v) is 5.48. The monoisotopic (exact) mass is 262 g/mol. The summed E-state index contributed by atoms with van der Waals surface area (Å²) in [6, 6.07) is 11.8. The predicted octanol–water partition coefficient (Wildman–Crippen LogP) is 3.04. The van der Waals surface area contributed by atoms with Gasteiger partial charge in [-0.25, -0.2) is 4.98 Å². The average molecular weight is 262 g/mol. The molecule has 0 unspecified atom stereocenters. The third-order valence-electron chi connectivity index (χ3n) is 3.99. The van der Waals surface area contributed by atoms with Gasteiger partial charge in [-0.3, -0.25) is 4.79 Å². The molecule has 3 aromatic rings. The van der Waals surface area contributed by atoms with E-state index in [0.29, 0.717) is 6.54 Å². The minimum atomic E-state index is 0.0393. The van der Waals surface area contributed by atoms with Gasteiger partial charge in [0.15, 0.2) is 0 Å². The summed E-state index contributed by atoms with van der Waals surface area (Å²) >= 11 is 0. The summed E-state index contributed by atoms with van der Waals surface area (Å²) < 4.78 is 1.79. The molecule has 98 valence electrons. The maximum Gasteiger partial charge on any atom is 0.251 e. The number of fused-ring (bicyclic) bond motifs is 4. The number of aromatic nitrogens is 2. The van der Waals surface area contributed by atoms with Crippen LogP contribution in [0.1, 0.15) is 16.7 Å². The van der Waals surface area contributed by atoms with Crippen molar-refractivity contribution < 1.29 is 0 Å². The van der Waals surface area contributed by atoms with E-state index >= 15 is 0 Å². The molecule has 3 heterocycles. The predicted molar refractivity (Wildman–Crippen MR) is 80.0 cm³/mol. The standard InChI is InChI=1S/C17H14N2O/c1-10-6-11(2)13-8-12-9-19-15(4-3-5-16(19)20)17(12)18-14(13)7-10/h3-8H,9H2,1-2H3. The highest BCUT2D eigenvalue weighted by Crippen LogP contribution is 2.32. The zero-order valence-electron chi connectivity index (χ0n) is 11.5. The first kappa shape index (κ1) is 11.4. The Hall–Kier alpha value is -2.42. The molecule has 1 aliphatic heterocycles. The zero-order chi connectivity index (χ0) is 13.9. The third-order valence-corrected chi connectivity index (χ3v) is 3.99. The van der Waals surface area contributed by atoms with Gasteiger partial charge in [0.05, 0.1) is 23.4 Å². The van der Waals surface area contributed by atoms with E-state index in [1.807, 2.05) is 6.07 Å². The minimum Gasteiger partial charge on any atom is -0.302 e. The van der Waals surface area contributed by atoms with Gasteiger partial charge in [-0.15, -0.1) is 0 Å². The lowest BCUT2D eigenvalue weighted by molar-refractivity contribution is 0.804. The van der Waals surface area contributed by atoms with Crippen molar-refractivity contribution in [1.29, 1.82) is 0 Å². The Balaban J connectivity index is 2.09. The number of hydrogen-bond acceptors (Lipinski definition) is 2. The van der Waals surface area contributed by atoms with Crippen molar-refractivity contribution in [3.8, 4) is 11.4 Å². The smallest absolute Gasteiger partial charge is 0.251 e. The Morgan fingerprint density at radius 2 is 2.00 bits per heavy atom. The van der Waals surface area contributed by atoms with Crippen LogP contribution in [0.4, 0.5) is 0 Å². The quantitative estimate of drug-likeness (QED) is 0.488. The van der Waals surface area contributed by atoms with E-state index in [1.54, 1.807) is 16.7 Å². The number of benzene rings is 1. The summed E-state index contributed by atoms with van der Waals surface area (Å²) in [5, 5.41) is 1.18. The summed E-state index contributed by atoms with van der Waals surface area (Å²) in [6.45, 7) is 4.82. The summed E-state index contributed by atoms with van der Waals surface area (Å²) in [5.41, 5.74) is 6.49. The van der Waals surface area contributed by atoms with Crippen molar-refractivity contribution in [3.63, 3.8) is 0 Å². The molecule has 4 rings (SSSR count). The van der Waals surface area contributed by atoms with Crippen molar-refractivity contribution in [1.82, 2.24) is 9.55 Å². The number of rotatable bonds is 0. The largest absolute Gasteiger partial charge is 0.302 e. The van der Waals surface area contributed by atoms with Crippen molar-refractivity contribution in [2.45, 2.75) is 20.4 Å². The van der Waals surface area contributed by atoms with Crippen LogP contribution < -0.4 is 5.56 Å². The Labute approximate surface area is 116 Å². The van der Waals surface area contributed by atoms with Crippen LogP contribution >= 0.6 is 0 Å². The molecule has 3 heteroatoms. The molecule has 0 fully saturated rings. The molecule has 1 aliphatic rings. The molecule has 0 saturated carbocycles. The molecule has 1 aromatic carbocycles. The maximum absolute atomic E-state index is 11.9. The van der Waals surface area contributed by atoms with E-state index in [0.717, 1.165) is 22.5 Å². The highest BCUT2D eigenvalue weighted by molar-refractivity contribution is 5.87. The molecule has 0 spiro atoms. The average Bonchev–Trinajstić information content (AvgIpc) is 2.76. The van der Waals surface area contributed by atoms with E-state index in [9.17, 15) is 4.79 Å². The lowest BCUT2D eigenvalue weighted by atomic mass is 10.0. The van der Waals surface area contributed by atoms with Crippen LogP contribution in [0.15, 0.2) is 41.2 Å². The lowest BCUT2D eigenvalue weighted by Crippen LogP contribution is -2.16. The van der Waals surface area contributed by atoms with Gasteiger partial charge in [-0.05, 0) is 43.2 Å². The van der Waals surface area contributed by atoms with Crippen molar-refractivity contribution >= 4 is 10.9 Å². The van der Waals surface area contributed by atoms with E-state index in [-0.39, 0.29) is 5.56 Å². The SMILES string of the molecule is Cc1cc(C)c2cc3c(nc2c1)-c1cccc(=O)n1C3. The van der Waals surface area contributed by atoms with Crippen LogP contribution in [-0.2, 0) is 6.54 Å². The normalized spacial score (nSPS) is 12.5. The minimum absolute atomic E-state index is 0.0393. The topological polar surface area (TPSA) is 34.9 Å². The van der Waals surface area contributed by atoms with Crippen molar-refractivity contribution in [2.75, 3.05) is 0 Å². The highest BCUT2D eigenvalue weighted by atomic mass is 16.1. The fourth-order valence-corrected chi connectivity index (χ4v) is 3.07. The molecular formula is C17H14N2O. The van der Waals surface area contributed by atoms with Crippen LogP contribution in [0.5, 0.6) is 0 Å². The first-order valence-corrected chi connectivity index (χ1v) is 6.74. The van der Waals surface area contributed by atoms with E-state index in [1.165, 1.54) is 16.5 Å². The first-order valence-electron chi connectivity index (χ1n) is 6.74. The number of aryl methyl sites for hydroxylation is 2. The van der Waals surface area contributed by atoms with Crippen LogP contribution in [0.3, 0.4) is 0 Å². The second-order valence-electron chi connectivity index (χ2n) is 5.48. The summed E-state index contributed by atoms with van der Waals surface area (Å²) in [6.07, 6.45) is 0. The van der Waals surface area contributed by atoms with Crippen LogP contribution in [0.2, 0.25) is 0 Å². The Kier molecular flexibility index (Phi) is 2.16. The van der Waals surface area contributed by atoms with Crippen LogP contribution in [0.25, 0.3) is 22.3 Å². The van der Waals surface area contributed by atoms with E-state index in [4.69, 9.17) is 4.98 Å². The highest BCUT2D eigenvalue weighted by Gasteiger charge is 2.21. The van der Waals surface area contributed by atoms with E-state index < -0.39 is 0 Å². The van der Waals surface area contributed by atoms with Gasteiger partial charge in [-0.2, -0.15) is 0 Å². The first-order chi connectivity index (χ1) is 9.63. The number of pyridine rings is 2. The molecule has 2 aromatic heterocycles. The number of nitrogens with zero attached hydrogens (tertiary/aromatic N) is 2. The Morgan fingerprint density at radius 3 is 2.85 bits per heavy atom. The molecule has 0 amide bonds. The fourth-order valence-electron chi connectivity index (χ4n) is 3.07. The lowest BCUT2D eigenvalue weighted by Gasteiger charge is -2.06. The molecule has 0 N–H and O–H groups in total. The number of hydrogen-bond donors (Lipinski definition) is 0. The van der Waals surface area contributed by atoms with Crippen molar-refractivity contribution in [3.05, 3.63) is 63.4 Å². The zero-order valence-corrected chi connectivity index (χ0v) is 11.5. The van der Waals surface area contributed by atoms with Crippen molar-refractivity contribution in [2.24, 2.45) is 0 Å². The van der Waals surface area contributed by atoms with Gasteiger partial charge in [-0.1, -0.05) is 12.1 Å². The van der Waals surface area contributed by atoms with Gasteiger partial charge >= 0.3 is 0 Å². The molecule has 3 nitrogen and oxygen atoms in total.